The van der Waals surface area contributed by atoms with Crippen molar-refractivity contribution in [3.63, 3.8) is 0 Å². The molecule has 0 aliphatic carbocycles. The molecule has 39 heavy (non-hydrogen) atoms. The highest BCUT2D eigenvalue weighted by Gasteiger charge is 2.32. The summed E-state index contributed by atoms with van der Waals surface area (Å²) in [7, 11) is 1.54. The van der Waals surface area contributed by atoms with Crippen molar-refractivity contribution in [2.45, 2.75) is 50.2 Å². The van der Waals surface area contributed by atoms with E-state index in [4.69, 9.17) is 16.6 Å². The van der Waals surface area contributed by atoms with Gasteiger partial charge in [0, 0.05) is 24.9 Å². The van der Waals surface area contributed by atoms with E-state index in [-0.39, 0.29) is 19.4 Å². The number of thiophene rings is 1. The Bertz CT molecular complexity index is 1280. The third-order valence-corrected chi connectivity index (χ3v) is 7.43. The lowest BCUT2D eigenvalue weighted by atomic mass is 10.0. The topological polar surface area (TPSA) is 168 Å². The van der Waals surface area contributed by atoms with E-state index in [0.29, 0.717) is 19.3 Å². The molecule has 0 fully saturated rings. The van der Waals surface area contributed by atoms with E-state index in [1.54, 1.807) is 0 Å². The quantitative estimate of drug-likeness (QED) is 0.192. The van der Waals surface area contributed by atoms with E-state index in [1.165, 1.54) is 23.3 Å². The molecule has 2 aromatic carbocycles. The number of rotatable bonds is 14. The number of unbranched alkanes of at least 4 members (excludes halogenated alkanes) is 1. The summed E-state index contributed by atoms with van der Waals surface area (Å²) in [5.74, 6) is -1.61. The summed E-state index contributed by atoms with van der Waals surface area (Å²) in [6.45, 7) is 0.224. The summed E-state index contributed by atoms with van der Waals surface area (Å²) in [4.78, 5) is 51.7. The number of carboxylic acid groups (broad SMARTS) is 1. The molecule has 3 atom stereocenters. The third kappa shape index (κ3) is 8.79. The number of nitrogens with zero attached hydrogens (tertiary/aromatic N) is 1. The lowest BCUT2D eigenvalue weighted by molar-refractivity contribution is -0.140. The number of carbonyl (C=O) groups is 4. The van der Waals surface area contributed by atoms with Gasteiger partial charge in [0.05, 0.1) is 6.04 Å². The molecule has 0 radical (unpaired) electrons. The van der Waals surface area contributed by atoms with Gasteiger partial charge in [-0.15, -0.1) is 11.3 Å². The number of fused-ring (bicyclic) bond motifs is 1. The van der Waals surface area contributed by atoms with Gasteiger partial charge >= 0.3 is 6.09 Å². The molecular weight excluding hydrogens is 518 g/mol. The molecule has 3 rings (SSSR count). The SMILES string of the molecule is CN(C(=O)[C@H](N)Cc1ccc2ccccc2c1)[C@H](Cc1cccs1)C(=O)N[C@H](CCCCNC(=O)O)C(N)=O. The van der Waals surface area contributed by atoms with Gasteiger partial charge in [-0.1, -0.05) is 48.5 Å². The van der Waals surface area contributed by atoms with Crippen LogP contribution >= 0.6 is 11.3 Å². The van der Waals surface area contributed by atoms with Crippen molar-refractivity contribution in [2.24, 2.45) is 11.5 Å². The van der Waals surface area contributed by atoms with Gasteiger partial charge in [-0.25, -0.2) is 4.79 Å². The molecule has 0 aliphatic heterocycles. The fourth-order valence-electron chi connectivity index (χ4n) is 4.37. The van der Waals surface area contributed by atoms with Crippen LogP contribution in [0, 0.1) is 0 Å². The Labute approximate surface area is 231 Å². The maximum Gasteiger partial charge on any atom is 0.404 e. The highest BCUT2D eigenvalue weighted by molar-refractivity contribution is 7.09. The molecule has 0 bridgehead atoms. The molecule has 0 unspecified atom stereocenters. The molecule has 1 aromatic heterocycles. The van der Waals surface area contributed by atoms with Gasteiger partial charge in [-0.2, -0.15) is 0 Å². The number of nitrogens with two attached hydrogens (primary N) is 2. The summed E-state index contributed by atoms with van der Waals surface area (Å²) in [5.41, 5.74) is 12.8. The van der Waals surface area contributed by atoms with Gasteiger partial charge in [0.25, 0.3) is 0 Å². The second kappa shape index (κ2) is 14.3. The Hall–Kier alpha value is -3.96. The molecule has 10 nitrogen and oxygen atoms in total. The number of hydrogen-bond donors (Lipinski definition) is 5. The molecule has 0 saturated carbocycles. The number of hydrogen-bond acceptors (Lipinski definition) is 6. The summed E-state index contributed by atoms with van der Waals surface area (Å²) in [6, 6.07) is 14.8. The van der Waals surface area contributed by atoms with Crippen LogP contribution in [0.5, 0.6) is 0 Å². The van der Waals surface area contributed by atoms with Crippen LogP contribution < -0.4 is 22.1 Å². The molecule has 7 N–H and O–H groups in total. The van der Waals surface area contributed by atoms with Gasteiger partial charge in [-0.05, 0) is 53.5 Å². The van der Waals surface area contributed by atoms with E-state index in [2.05, 4.69) is 10.6 Å². The average Bonchev–Trinajstić information content (AvgIpc) is 3.43. The van der Waals surface area contributed by atoms with Crippen molar-refractivity contribution < 1.29 is 24.3 Å². The van der Waals surface area contributed by atoms with E-state index >= 15 is 0 Å². The van der Waals surface area contributed by atoms with Gasteiger partial charge < -0.3 is 32.1 Å². The minimum Gasteiger partial charge on any atom is -0.465 e. The molecule has 0 spiro atoms. The average molecular weight is 554 g/mol. The first-order chi connectivity index (χ1) is 18.7. The molecule has 0 aliphatic rings. The third-order valence-electron chi connectivity index (χ3n) is 6.53. The number of carbonyl (C=O) groups excluding carboxylic acids is 3. The van der Waals surface area contributed by atoms with Crippen molar-refractivity contribution in [2.75, 3.05) is 13.6 Å². The second-order valence-electron chi connectivity index (χ2n) is 9.43. The number of benzene rings is 2. The zero-order valence-electron chi connectivity index (χ0n) is 21.8. The summed E-state index contributed by atoms with van der Waals surface area (Å²) in [5, 5.41) is 17.6. The zero-order valence-corrected chi connectivity index (χ0v) is 22.7. The first-order valence-electron chi connectivity index (χ1n) is 12.7. The first kappa shape index (κ1) is 29.6. The monoisotopic (exact) mass is 553 g/mol. The maximum absolute atomic E-state index is 13.4. The van der Waals surface area contributed by atoms with Gasteiger partial charge in [0.2, 0.25) is 17.7 Å². The molecule has 11 heteroatoms. The summed E-state index contributed by atoms with van der Waals surface area (Å²) < 4.78 is 0. The molecule has 3 aromatic rings. The Morgan fingerprint density at radius 3 is 2.41 bits per heavy atom. The van der Waals surface area contributed by atoms with Crippen molar-refractivity contribution in [3.05, 3.63) is 70.4 Å². The molecular formula is C28H35N5O5S. The Kier molecular flexibility index (Phi) is 10.8. The van der Waals surface area contributed by atoms with E-state index < -0.39 is 41.9 Å². The van der Waals surface area contributed by atoms with Crippen LogP contribution in [0.3, 0.4) is 0 Å². The highest BCUT2D eigenvalue weighted by atomic mass is 32.1. The lowest BCUT2D eigenvalue weighted by Crippen LogP contribution is -2.56. The van der Waals surface area contributed by atoms with Crippen molar-refractivity contribution >= 4 is 45.9 Å². The molecule has 208 valence electrons. The van der Waals surface area contributed by atoms with E-state index in [9.17, 15) is 19.2 Å². The van der Waals surface area contributed by atoms with Crippen LogP contribution in [0.25, 0.3) is 10.8 Å². The smallest absolute Gasteiger partial charge is 0.404 e. The van der Waals surface area contributed by atoms with Crippen LogP contribution in [-0.4, -0.2) is 65.5 Å². The highest BCUT2D eigenvalue weighted by Crippen LogP contribution is 2.18. The molecule has 4 amide bonds. The van der Waals surface area contributed by atoms with Crippen LogP contribution in [0.2, 0.25) is 0 Å². The Morgan fingerprint density at radius 1 is 1.00 bits per heavy atom. The molecule has 0 saturated heterocycles. The molecule has 1 heterocycles. The van der Waals surface area contributed by atoms with Crippen molar-refractivity contribution in [1.82, 2.24) is 15.5 Å². The van der Waals surface area contributed by atoms with E-state index in [1.807, 2.05) is 60.0 Å². The largest absolute Gasteiger partial charge is 0.465 e. The Balaban J connectivity index is 1.69. The van der Waals surface area contributed by atoms with Crippen LogP contribution in [0.15, 0.2) is 60.0 Å². The predicted octanol–water partition coefficient (Wildman–Crippen LogP) is 2.25. The van der Waals surface area contributed by atoms with Crippen molar-refractivity contribution in [3.8, 4) is 0 Å². The first-order valence-corrected chi connectivity index (χ1v) is 13.6. The minimum atomic E-state index is -1.13. The number of amides is 4. The standard InChI is InChI=1S/C28H35N5O5S/c1-33(27(36)22(29)16-18-11-12-19-7-2-3-8-20(19)15-18)24(17-21-9-6-14-39-21)26(35)32-23(25(30)34)10-4-5-13-31-28(37)38/h2-3,6-9,11-12,14-15,22-24,31H,4-5,10,13,16-17,29H2,1H3,(H2,30,34)(H,32,35)(H,37,38)/t22-,23-,24-/m1/s1. The van der Waals surface area contributed by atoms with Gasteiger partial charge in [-0.3, -0.25) is 14.4 Å². The zero-order chi connectivity index (χ0) is 28.4. The van der Waals surface area contributed by atoms with Gasteiger partial charge in [0.1, 0.15) is 12.1 Å². The summed E-state index contributed by atoms with van der Waals surface area (Å²) >= 11 is 1.46. The van der Waals surface area contributed by atoms with Gasteiger partial charge in [0.15, 0.2) is 0 Å². The van der Waals surface area contributed by atoms with Crippen molar-refractivity contribution in [1.29, 1.82) is 0 Å². The number of nitrogens with one attached hydrogen (secondary N) is 2. The second-order valence-corrected chi connectivity index (χ2v) is 10.5. The predicted molar refractivity (Wildman–Crippen MR) is 151 cm³/mol. The minimum absolute atomic E-state index is 0.224. The Morgan fingerprint density at radius 2 is 1.74 bits per heavy atom. The fraction of sp³-hybridized carbons (Fsp3) is 0.357. The van der Waals surface area contributed by atoms with Crippen LogP contribution in [-0.2, 0) is 27.2 Å². The van der Waals surface area contributed by atoms with Crippen LogP contribution in [0.1, 0.15) is 29.7 Å². The summed E-state index contributed by atoms with van der Waals surface area (Å²) in [6.07, 6.45) is 0.616. The maximum atomic E-state index is 13.4. The number of likely N-dealkylation sites (N-methyl/N-ethyl adjacent to an activating group) is 1. The number of primary amides is 1. The van der Waals surface area contributed by atoms with E-state index in [0.717, 1.165) is 21.2 Å². The normalized spacial score (nSPS) is 13.3. The van der Waals surface area contributed by atoms with Crippen LogP contribution in [0.4, 0.5) is 4.79 Å². The lowest BCUT2D eigenvalue weighted by Gasteiger charge is -2.30. The fourth-order valence-corrected chi connectivity index (χ4v) is 5.11.